The van der Waals surface area contributed by atoms with Crippen LogP contribution >= 0.6 is 0 Å². The van der Waals surface area contributed by atoms with Gasteiger partial charge in [0, 0.05) is 18.2 Å². The smallest absolute Gasteiger partial charge is 0.415 e. The highest BCUT2D eigenvalue weighted by Gasteiger charge is 2.44. The van der Waals surface area contributed by atoms with Crippen molar-refractivity contribution in [3.8, 4) is 0 Å². The molecule has 1 aliphatic carbocycles. The zero-order valence-corrected chi connectivity index (χ0v) is 18.8. The Hall–Kier alpha value is -3.71. The molecule has 2 aromatic carbocycles. The number of ether oxygens (including phenoxy) is 1. The van der Waals surface area contributed by atoms with Gasteiger partial charge in [0.25, 0.3) is 11.4 Å². The van der Waals surface area contributed by atoms with E-state index in [4.69, 9.17) is 4.74 Å². The highest BCUT2D eigenvalue weighted by Crippen LogP contribution is 2.43. The first kappa shape index (κ1) is 21.2. The second kappa shape index (κ2) is 8.01. The van der Waals surface area contributed by atoms with Gasteiger partial charge in [0.05, 0.1) is 18.1 Å². The Labute approximate surface area is 190 Å². The molecule has 0 amide bonds. The van der Waals surface area contributed by atoms with Gasteiger partial charge in [-0.3, -0.25) is 9.78 Å². The summed E-state index contributed by atoms with van der Waals surface area (Å²) in [7, 11) is 1.57. The van der Waals surface area contributed by atoms with Gasteiger partial charge in [-0.15, -0.1) is 0 Å². The summed E-state index contributed by atoms with van der Waals surface area (Å²) >= 11 is 0. The van der Waals surface area contributed by atoms with Gasteiger partial charge in [-0.25, -0.2) is 9.79 Å². The number of aromatic nitrogens is 2. The lowest BCUT2D eigenvalue weighted by Gasteiger charge is -2.24. The van der Waals surface area contributed by atoms with Crippen molar-refractivity contribution in [2.45, 2.75) is 32.2 Å². The summed E-state index contributed by atoms with van der Waals surface area (Å²) in [6.45, 7) is 4.85. The van der Waals surface area contributed by atoms with Crippen LogP contribution in [0.5, 0.6) is 0 Å². The number of fused-ring (bicyclic) bond motifs is 4. The summed E-state index contributed by atoms with van der Waals surface area (Å²) in [6.07, 6.45) is 0. The highest BCUT2D eigenvalue weighted by molar-refractivity contribution is 6.21. The topological polar surface area (TPSA) is 98.3 Å². The summed E-state index contributed by atoms with van der Waals surface area (Å²) < 4.78 is 6.69. The minimum atomic E-state index is -0.539. The zero-order chi connectivity index (χ0) is 23.3. The molecular weight excluding hydrogens is 418 g/mol. The molecule has 33 heavy (non-hydrogen) atoms. The number of hydrogen-bond donors (Lipinski definition) is 3. The van der Waals surface area contributed by atoms with Gasteiger partial charge in [0.15, 0.2) is 0 Å². The van der Waals surface area contributed by atoms with Crippen LogP contribution in [0.25, 0.3) is 5.76 Å². The summed E-state index contributed by atoms with van der Waals surface area (Å²) in [5.74, 6) is 0.406. The third-order valence-electron chi connectivity index (χ3n) is 6.49. The number of methoxy groups -OCH3 is 1. The molecule has 5 rings (SSSR count). The number of allylic oxidation sites excluding steroid dienone is 1. The van der Waals surface area contributed by atoms with E-state index in [1.54, 1.807) is 7.11 Å². The summed E-state index contributed by atoms with van der Waals surface area (Å²) in [4.78, 5) is 31.7. The maximum absolute atomic E-state index is 13.2. The molecular formula is C26H26N3O4+. The van der Waals surface area contributed by atoms with Crippen LogP contribution in [0.1, 0.15) is 53.5 Å². The van der Waals surface area contributed by atoms with Crippen molar-refractivity contribution < 1.29 is 14.8 Å². The van der Waals surface area contributed by atoms with Crippen molar-refractivity contribution in [1.29, 1.82) is 0 Å². The molecule has 0 saturated heterocycles. The normalized spacial score (nSPS) is 16.5. The van der Waals surface area contributed by atoms with Crippen molar-refractivity contribution in [3.05, 3.63) is 103 Å². The average molecular weight is 445 g/mol. The molecule has 0 bridgehead atoms. The molecule has 0 spiro atoms. The number of aliphatic hydroxyl groups excluding tert-OH is 1. The van der Waals surface area contributed by atoms with Crippen molar-refractivity contribution in [2.75, 3.05) is 13.7 Å². The largest absolute Gasteiger partial charge is 0.507 e. The van der Waals surface area contributed by atoms with Gasteiger partial charge in [-0.2, -0.15) is 4.57 Å². The van der Waals surface area contributed by atoms with E-state index in [9.17, 15) is 14.7 Å². The second-order valence-corrected chi connectivity index (χ2v) is 8.73. The standard InChI is InChI=1S/C26H25N3O4/c1-14(2)15-8-10-16(11-9-15)19-20-22(17-6-4-5-7-18(17)23(20)30)27-24-21(19)25(31)28-26(32)29(24)12-13-33-3/h4-11,14,19,30H,12-13H2,1-3H3,(H,28,31,32)/p+1. The fraction of sp³-hybridized carbons (Fsp3) is 0.269. The molecule has 7 heteroatoms. The quantitative estimate of drug-likeness (QED) is 0.560. The molecule has 2 aliphatic rings. The van der Waals surface area contributed by atoms with Gasteiger partial charge in [-0.1, -0.05) is 56.3 Å². The first-order chi connectivity index (χ1) is 15.9. The predicted octanol–water partition coefficient (Wildman–Crippen LogP) is 1.94. The van der Waals surface area contributed by atoms with Gasteiger partial charge in [-0.05, 0) is 23.1 Å². The minimum absolute atomic E-state index is 0.144. The van der Waals surface area contributed by atoms with Crippen molar-refractivity contribution in [2.24, 2.45) is 0 Å². The van der Waals surface area contributed by atoms with E-state index in [-0.39, 0.29) is 12.3 Å². The third kappa shape index (κ3) is 3.27. The summed E-state index contributed by atoms with van der Waals surface area (Å²) in [5.41, 5.74) is 4.39. The number of nitrogens with one attached hydrogen (secondary N) is 2. The van der Waals surface area contributed by atoms with E-state index in [0.29, 0.717) is 40.8 Å². The Kier molecular flexibility index (Phi) is 5.13. The lowest BCUT2D eigenvalue weighted by Crippen LogP contribution is -2.72. The molecule has 1 atom stereocenters. The molecule has 0 radical (unpaired) electrons. The Morgan fingerprint density at radius 2 is 1.79 bits per heavy atom. The monoisotopic (exact) mass is 444 g/mol. The molecule has 1 aromatic heterocycles. The molecule has 0 saturated carbocycles. The maximum Gasteiger partial charge on any atom is 0.415 e. The van der Waals surface area contributed by atoms with Crippen LogP contribution in [0.3, 0.4) is 0 Å². The number of aromatic amines is 1. The summed E-state index contributed by atoms with van der Waals surface area (Å²) in [5, 5.41) is 11.3. The number of aliphatic hydroxyl groups is 1. The Bertz CT molecular complexity index is 1430. The lowest BCUT2D eigenvalue weighted by atomic mass is 9.81. The van der Waals surface area contributed by atoms with E-state index in [2.05, 4.69) is 36.0 Å². The van der Waals surface area contributed by atoms with Gasteiger partial charge < -0.3 is 9.84 Å². The third-order valence-corrected chi connectivity index (χ3v) is 6.49. The van der Waals surface area contributed by atoms with Crippen LogP contribution < -0.4 is 16.2 Å². The Morgan fingerprint density at radius 1 is 1.09 bits per heavy atom. The average Bonchev–Trinajstić information content (AvgIpc) is 3.10. The molecule has 168 valence electrons. The number of nitrogens with zero attached hydrogens (tertiary/aromatic N) is 1. The summed E-state index contributed by atoms with van der Waals surface area (Å²) in [6, 6.07) is 15.7. The zero-order valence-electron chi connectivity index (χ0n) is 18.8. The van der Waals surface area contributed by atoms with Gasteiger partial charge in [0.2, 0.25) is 0 Å². The molecule has 2 heterocycles. The van der Waals surface area contributed by atoms with Crippen molar-refractivity contribution >= 4 is 17.3 Å². The fourth-order valence-corrected chi connectivity index (χ4v) is 4.79. The lowest BCUT2D eigenvalue weighted by molar-refractivity contribution is -0.364. The van der Waals surface area contributed by atoms with Gasteiger partial charge in [0.1, 0.15) is 23.6 Å². The first-order valence-corrected chi connectivity index (χ1v) is 11.1. The van der Waals surface area contributed by atoms with Crippen molar-refractivity contribution in [1.82, 2.24) is 9.55 Å². The molecule has 3 N–H and O–H groups in total. The van der Waals surface area contributed by atoms with E-state index in [0.717, 1.165) is 11.1 Å². The second-order valence-electron chi connectivity index (χ2n) is 8.73. The molecule has 3 aromatic rings. The molecule has 7 nitrogen and oxygen atoms in total. The van der Waals surface area contributed by atoms with Crippen LogP contribution in [0.4, 0.5) is 5.82 Å². The minimum Gasteiger partial charge on any atom is -0.507 e. The molecule has 1 unspecified atom stereocenters. The maximum atomic E-state index is 13.2. The van der Waals surface area contributed by atoms with E-state index in [1.807, 2.05) is 36.4 Å². The van der Waals surface area contributed by atoms with Crippen LogP contribution in [0.15, 0.2) is 63.7 Å². The molecule has 1 aliphatic heterocycles. The SMILES string of the molecule is COCCn1c2c(c(=O)[nH]c1=O)C(c1ccc(C(C)C)cc1)C1=C(O)c3ccccc3C1=[NH+]2. The Balaban J connectivity index is 1.83. The van der Waals surface area contributed by atoms with Crippen LogP contribution in [-0.4, -0.2) is 34.1 Å². The molecule has 0 fully saturated rings. The highest BCUT2D eigenvalue weighted by atomic mass is 16.5. The number of hydrogen-bond acceptors (Lipinski definition) is 4. The van der Waals surface area contributed by atoms with E-state index >= 15 is 0 Å². The van der Waals surface area contributed by atoms with Crippen LogP contribution in [0, 0.1) is 0 Å². The number of rotatable bonds is 5. The van der Waals surface area contributed by atoms with E-state index in [1.165, 1.54) is 10.1 Å². The predicted molar refractivity (Wildman–Crippen MR) is 126 cm³/mol. The van der Waals surface area contributed by atoms with Crippen LogP contribution in [0.2, 0.25) is 0 Å². The van der Waals surface area contributed by atoms with Crippen molar-refractivity contribution in [3.63, 3.8) is 0 Å². The number of benzene rings is 2. The van der Waals surface area contributed by atoms with Crippen LogP contribution in [-0.2, 0) is 11.3 Å². The van der Waals surface area contributed by atoms with Gasteiger partial charge >= 0.3 is 5.69 Å². The number of H-pyrrole nitrogens is 1. The van der Waals surface area contributed by atoms with E-state index < -0.39 is 17.2 Å². The first-order valence-electron chi connectivity index (χ1n) is 11.1. The fourth-order valence-electron chi connectivity index (χ4n) is 4.79. The Morgan fingerprint density at radius 3 is 2.45 bits per heavy atom.